The first-order chi connectivity index (χ1) is 19.6. The molecule has 4 aromatic rings. The van der Waals surface area contributed by atoms with Crippen LogP contribution in [0.3, 0.4) is 0 Å². The maximum absolute atomic E-state index is 10.5. The first-order valence-corrected chi connectivity index (χ1v) is 14.0. The molecular formula is C38H40O3. The van der Waals surface area contributed by atoms with Crippen molar-refractivity contribution in [1.29, 1.82) is 0 Å². The minimum absolute atomic E-state index is 0.246. The normalized spacial score (nSPS) is 11.7. The highest BCUT2D eigenvalue weighted by Gasteiger charge is 2.33. The molecule has 0 heterocycles. The summed E-state index contributed by atoms with van der Waals surface area (Å²) in [5.41, 5.74) is 7.01. The van der Waals surface area contributed by atoms with Crippen molar-refractivity contribution in [3.8, 4) is 17.2 Å². The van der Waals surface area contributed by atoms with E-state index in [-0.39, 0.29) is 22.7 Å². The number of phenolic OH excluding ortho intramolecular Hbond substituents is 3. The fourth-order valence-corrected chi connectivity index (χ4v) is 5.61. The average molecular weight is 545 g/mol. The molecule has 0 aliphatic rings. The fraction of sp³-hybridized carbons (Fsp3) is 0.211. The zero-order valence-electron chi connectivity index (χ0n) is 24.3. The molecule has 3 heteroatoms. The van der Waals surface area contributed by atoms with E-state index in [0.29, 0.717) is 19.3 Å². The minimum atomic E-state index is -0.578. The van der Waals surface area contributed by atoms with E-state index in [1.54, 1.807) is 36.4 Å². The van der Waals surface area contributed by atoms with E-state index in [4.69, 9.17) is 0 Å². The van der Waals surface area contributed by atoms with E-state index >= 15 is 0 Å². The molecule has 4 aromatic carbocycles. The topological polar surface area (TPSA) is 60.7 Å². The first kappa shape index (κ1) is 29.5. The van der Waals surface area contributed by atoms with Crippen LogP contribution in [0.25, 0.3) is 0 Å². The highest BCUT2D eigenvalue weighted by Crippen LogP contribution is 2.43. The average Bonchev–Trinajstić information content (AvgIpc) is 2.96. The van der Waals surface area contributed by atoms with Gasteiger partial charge in [0.1, 0.15) is 17.2 Å². The summed E-state index contributed by atoms with van der Waals surface area (Å²) in [6.45, 7) is 18.1. The standard InChI is InChI=1S/C38H40O3/c1-7-10-26-23-31(17-20-34(26)39)37(4,5)29-13-15-30(16-14-29)38(6,32-18-21-35(40)27(24-32)11-8-2)33-19-22-36(41)28(25-33)12-9-3/h7-9,13-25,39-41H,1-3,10-12H2,4-6H3. The van der Waals surface area contributed by atoms with Crippen molar-refractivity contribution in [1.82, 2.24) is 0 Å². The second kappa shape index (κ2) is 11.9. The summed E-state index contributed by atoms with van der Waals surface area (Å²) in [5.74, 6) is 0.775. The molecule has 0 amide bonds. The third kappa shape index (κ3) is 5.71. The molecule has 0 fully saturated rings. The van der Waals surface area contributed by atoms with E-state index in [1.165, 1.54) is 0 Å². The van der Waals surface area contributed by atoms with Crippen molar-refractivity contribution in [2.45, 2.75) is 50.9 Å². The van der Waals surface area contributed by atoms with Gasteiger partial charge in [-0.1, -0.05) is 92.7 Å². The van der Waals surface area contributed by atoms with Gasteiger partial charge < -0.3 is 15.3 Å². The molecule has 0 aromatic heterocycles. The van der Waals surface area contributed by atoms with Crippen molar-refractivity contribution in [2.75, 3.05) is 0 Å². The van der Waals surface area contributed by atoms with Crippen molar-refractivity contribution in [3.63, 3.8) is 0 Å². The van der Waals surface area contributed by atoms with Gasteiger partial charge in [-0.05, 0) is 88.9 Å². The van der Waals surface area contributed by atoms with Gasteiger partial charge in [-0.3, -0.25) is 0 Å². The van der Waals surface area contributed by atoms with Gasteiger partial charge in [0, 0.05) is 10.8 Å². The Morgan fingerprint density at radius 2 is 0.805 bits per heavy atom. The van der Waals surface area contributed by atoms with Gasteiger partial charge in [0.05, 0.1) is 0 Å². The highest BCUT2D eigenvalue weighted by atomic mass is 16.3. The zero-order valence-corrected chi connectivity index (χ0v) is 24.3. The van der Waals surface area contributed by atoms with Crippen LogP contribution in [-0.4, -0.2) is 15.3 Å². The number of hydrogen-bond donors (Lipinski definition) is 3. The third-order valence-corrected chi connectivity index (χ3v) is 8.39. The second-order valence-corrected chi connectivity index (χ2v) is 11.3. The van der Waals surface area contributed by atoms with Gasteiger partial charge in [0.25, 0.3) is 0 Å². The van der Waals surface area contributed by atoms with Crippen LogP contribution < -0.4 is 0 Å². The Labute approximate surface area is 244 Å². The summed E-state index contributed by atoms with van der Waals surface area (Å²) in [5, 5.41) is 31.3. The summed E-state index contributed by atoms with van der Waals surface area (Å²) in [4.78, 5) is 0. The fourth-order valence-electron chi connectivity index (χ4n) is 5.61. The molecule has 0 radical (unpaired) electrons. The van der Waals surface area contributed by atoms with Crippen LogP contribution in [0.15, 0.2) is 117 Å². The van der Waals surface area contributed by atoms with E-state index in [9.17, 15) is 15.3 Å². The van der Waals surface area contributed by atoms with Crippen molar-refractivity contribution >= 4 is 0 Å². The molecule has 0 aliphatic heterocycles. The summed E-state index contributed by atoms with van der Waals surface area (Å²) < 4.78 is 0. The molecule has 0 saturated carbocycles. The predicted octanol–water partition coefficient (Wildman–Crippen LogP) is 8.67. The Balaban J connectivity index is 1.86. The molecule has 0 atom stereocenters. The molecule has 0 saturated heterocycles. The molecule has 3 N–H and O–H groups in total. The molecule has 41 heavy (non-hydrogen) atoms. The summed E-state index contributed by atoms with van der Waals surface area (Å²) in [6, 6.07) is 26.0. The van der Waals surface area contributed by atoms with E-state index in [1.807, 2.05) is 30.3 Å². The molecule has 0 unspecified atom stereocenters. The molecule has 0 aliphatic carbocycles. The summed E-state index contributed by atoms with van der Waals surface area (Å²) >= 11 is 0. The lowest BCUT2D eigenvalue weighted by Crippen LogP contribution is -2.26. The second-order valence-electron chi connectivity index (χ2n) is 11.3. The van der Waals surface area contributed by atoms with Gasteiger partial charge in [0.15, 0.2) is 0 Å². The predicted molar refractivity (Wildman–Crippen MR) is 170 cm³/mol. The molecule has 0 bridgehead atoms. The molecule has 4 rings (SSSR count). The number of aromatic hydroxyl groups is 3. The van der Waals surface area contributed by atoms with Crippen LogP contribution in [-0.2, 0) is 30.1 Å². The third-order valence-electron chi connectivity index (χ3n) is 8.39. The van der Waals surface area contributed by atoms with E-state index < -0.39 is 5.41 Å². The number of rotatable bonds is 11. The Hall–Kier alpha value is -4.50. The van der Waals surface area contributed by atoms with Gasteiger partial charge >= 0.3 is 0 Å². The monoisotopic (exact) mass is 544 g/mol. The lowest BCUT2D eigenvalue weighted by atomic mass is 9.69. The maximum atomic E-state index is 10.5. The van der Waals surface area contributed by atoms with Gasteiger partial charge in [-0.15, -0.1) is 19.7 Å². The van der Waals surface area contributed by atoms with E-state index in [0.717, 1.165) is 44.5 Å². The number of allylic oxidation sites excluding steroid dienone is 3. The minimum Gasteiger partial charge on any atom is -0.508 e. The van der Waals surface area contributed by atoms with Gasteiger partial charge in [-0.2, -0.15) is 0 Å². The molecule has 0 spiro atoms. The van der Waals surface area contributed by atoms with Gasteiger partial charge in [0.2, 0.25) is 0 Å². The van der Waals surface area contributed by atoms with Crippen LogP contribution in [0, 0.1) is 0 Å². The Morgan fingerprint density at radius 3 is 1.20 bits per heavy atom. The smallest absolute Gasteiger partial charge is 0.119 e. The Bertz CT molecular complexity index is 1510. The van der Waals surface area contributed by atoms with Crippen molar-refractivity contribution in [2.24, 2.45) is 0 Å². The Kier molecular flexibility index (Phi) is 8.58. The highest BCUT2D eigenvalue weighted by molar-refractivity contribution is 5.55. The van der Waals surface area contributed by atoms with Crippen LogP contribution in [0.1, 0.15) is 65.3 Å². The SMILES string of the molecule is C=CCc1cc(C(C)(C)c2ccc(C(C)(c3ccc(O)c(CC=C)c3)c3ccc(O)c(CC=C)c3)cc2)ccc1O. The van der Waals surface area contributed by atoms with Crippen molar-refractivity contribution in [3.05, 3.63) is 161 Å². The Morgan fingerprint density at radius 1 is 0.488 bits per heavy atom. The number of benzene rings is 4. The van der Waals surface area contributed by atoms with Crippen LogP contribution in [0.4, 0.5) is 0 Å². The van der Waals surface area contributed by atoms with Gasteiger partial charge in [-0.25, -0.2) is 0 Å². The molecular weight excluding hydrogens is 504 g/mol. The molecule has 210 valence electrons. The summed E-state index contributed by atoms with van der Waals surface area (Å²) in [6.07, 6.45) is 7.10. The lowest BCUT2D eigenvalue weighted by Gasteiger charge is -2.34. The number of hydrogen-bond acceptors (Lipinski definition) is 3. The van der Waals surface area contributed by atoms with Crippen molar-refractivity contribution < 1.29 is 15.3 Å². The van der Waals surface area contributed by atoms with Crippen LogP contribution >= 0.6 is 0 Å². The zero-order chi connectivity index (χ0) is 29.8. The molecule has 3 nitrogen and oxygen atoms in total. The first-order valence-electron chi connectivity index (χ1n) is 14.0. The maximum Gasteiger partial charge on any atom is 0.119 e. The largest absolute Gasteiger partial charge is 0.508 e. The quantitative estimate of drug-likeness (QED) is 0.131. The summed E-state index contributed by atoms with van der Waals surface area (Å²) in [7, 11) is 0. The van der Waals surface area contributed by atoms with E-state index in [2.05, 4.69) is 70.8 Å². The van der Waals surface area contributed by atoms with Crippen LogP contribution in [0.5, 0.6) is 17.2 Å². The number of phenols is 3. The van der Waals surface area contributed by atoms with Crippen LogP contribution in [0.2, 0.25) is 0 Å². The lowest BCUT2D eigenvalue weighted by molar-refractivity contribution is 0.467.